The minimum absolute atomic E-state index is 0.795. The Kier molecular flexibility index (Phi) is 4.54. The molecule has 4 heteroatoms. The Balaban J connectivity index is 1.95. The van der Waals surface area contributed by atoms with Crippen LogP contribution in [0.2, 0.25) is 5.02 Å². The van der Waals surface area contributed by atoms with Crippen LogP contribution in [0.15, 0.2) is 58.5 Å². The van der Waals surface area contributed by atoms with Crippen LogP contribution < -0.4 is 5.32 Å². The molecular weight excluding hydrogens is 300 g/mol. The summed E-state index contributed by atoms with van der Waals surface area (Å²) in [5, 5.41) is 5.10. The van der Waals surface area contributed by atoms with Crippen LogP contribution in [0.1, 0.15) is 5.56 Å². The molecule has 1 aromatic heterocycles. The van der Waals surface area contributed by atoms with Crippen molar-refractivity contribution in [1.82, 2.24) is 10.3 Å². The number of hydrogen-bond donors (Lipinski definition) is 2. The molecule has 0 atom stereocenters. The number of H-pyrrole nitrogens is 1. The van der Waals surface area contributed by atoms with E-state index in [4.69, 9.17) is 11.6 Å². The van der Waals surface area contributed by atoms with Gasteiger partial charge in [0, 0.05) is 26.9 Å². The first-order valence-corrected chi connectivity index (χ1v) is 8.15. The first-order valence-electron chi connectivity index (χ1n) is 6.95. The highest BCUT2D eigenvalue weighted by Crippen LogP contribution is 2.38. The first-order chi connectivity index (χ1) is 10.3. The molecule has 2 nitrogen and oxygen atoms in total. The molecule has 0 saturated carbocycles. The van der Waals surface area contributed by atoms with Crippen LogP contribution in [0.25, 0.3) is 10.9 Å². The molecule has 0 fully saturated rings. The molecule has 3 aromatic rings. The lowest BCUT2D eigenvalue weighted by atomic mass is 10.1. The highest BCUT2D eigenvalue weighted by molar-refractivity contribution is 7.99. The number of aromatic nitrogens is 1. The van der Waals surface area contributed by atoms with Gasteiger partial charge < -0.3 is 10.3 Å². The second kappa shape index (κ2) is 6.56. The molecule has 108 valence electrons. The van der Waals surface area contributed by atoms with Crippen LogP contribution in [-0.2, 0) is 6.42 Å². The van der Waals surface area contributed by atoms with E-state index in [-0.39, 0.29) is 0 Å². The van der Waals surface area contributed by atoms with Crippen LogP contribution in [0, 0.1) is 0 Å². The van der Waals surface area contributed by atoms with Gasteiger partial charge in [-0.15, -0.1) is 0 Å². The van der Waals surface area contributed by atoms with Crippen molar-refractivity contribution in [2.75, 3.05) is 13.6 Å². The van der Waals surface area contributed by atoms with E-state index in [9.17, 15) is 0 Å². The van der Waals surface area contributed by atoms with Crippen molar-refractivity contribution in [3.8, 4) is 0 Å². The Bertz CT molecular complexity index is 751. The topological polar surface area (TPSA) is 27.8 Å². The smallest absolute Gasteiger partial charge is 0.0511 e. The molecule has 0 radical (unpaired) electrons. The van der Waals surface area contributed by atoms with Crippen molar-refractivity contribution < 1.29 is 0 Å². The Morgan fingerprint density at radius 2 is 1.95 bits per heavy atom. The van der Waals surface area contributed by atoms with Crippen LogP contribution in [0.5, 0.6) is 0 Å². The molecule has 1 heterocycles. The lowest BCUT2D eigenvalue weighted by Gasteiger charge is -2.08. The summed E-state index contributed by atoms with van der Waals surface area (Å²) in [4.78, 5) is 5.75. The van der Waals surface area contributed by atoms with Gasteiger partial charge in [-0.05, 0) is 43.8 Å². The summed E-state index contributed by atoms with van der Waals surface area (Å²) in [6, 6.07) is 14.5. The minimum atomic E-state index is 0.795. The maximum Gasteiger partial charge on any atom is 0.0511 e. The van der Waals surface area contributed by atoms with Gasteiger partial charge in [0.2, 0.25) is 0 Å². The number of nitrogens with one attached hydrogen (secondary N) is 2. The third-order valence-electron chi connectivity index (χ3n) is 3.46. The molecule has 0 amide bonds. The van der Waals surface area contributed by atoms with Crippen LogP contribution >= 0.6 is 23.4 Å². The number of halogens is 1. The van der Waals surface area contributed by atoms with Gasteiger partial charge >= 0.3 is 0 Å². The normalized spacial score (nSPS) is 11.1. The second-order valence-corrected chi connectivity index (χ2v) is 6.37. The predicted octanol–water partition coefficient (Wildman–Crippen LogP) is 4.73. The third-order valence-corrected chi connectivity index (χ3v) is 4.93. The average molecular weight is 317 g/mol. The second-order valence-electron chi connectivity index (χ2n) is 4.88. The summed E-state index contributed by atoms with van der Waals surface area (Å²) >= 11 is 8.12. The van der Waals surface area contributed by atoms with Crippen LogP contribution in [0.4, 0.5) is 0 Å². The summed E-state index contributed by atoms with van der Waals surface area (Å²) in [6.45, 7) is 0.978. The number of rotatable bonds is 5. The molecule has 2 N–H and O–H groups in total. The largest absolute Gasteiger partial charge is 0.360 e. The maximum atomic E-state index is 6.35. The summed E-state index contributed by atoms with van der Waals surface area (Å²) in [5.41, 5.74) is 2.44. The average Bonchev–Trinajstić information content (AvgIpc) is 2.91. The molecule has 0 aliphatic rings. The van der Waals surface area contributed by atoms with Crippen LogP contribution in [-0.4, -0.2) is 18.6 Å². The number of benzene rings is 2. The lowest BCUT2D eigenvalue weighted by Crippen LogP contribution is -2.10. The van der Waals surface area contributed by atoms with Crippen molar-refractivity contribution in [1.29, 1.82) is 0 Å². The van der Waals surface area contributed by atoms with Gasteiger partial charge in [-0.3, -0.25) is 0 Å². The zero-order valence-electron chi connectivity index (χ0n) is 11.8. The summed E-state index contributed by atoms with van der Waals surface area (Å²) in [7, 11) is 1.98. The number of likely N-dealkylation sites (N-methyl/N-ethyl adjacent to an activating group) is 1. The SMILES string of the molecule is CNCCc1ccccc1Sc1c[nH]c2cccc(Cl)c12. The Hall–Kier alpha value is -1.42. The Morgan fingerprint density at radius 3 is 2.81 bits per heavy atom. The van der Waals surface area contributed by atoms with Crippen molar-refractivity contribution in [2.24, 2.45) is 0 Å². The monoisotopic (exact) mass is 316 g/mol. The molecule has 2 aromatic carbocycles. The minimum Gasteiger partial charge on any atom is -0.360 e. The molecule has 3 rings (SSSR count). The van der Waals surface area contributed by atoms with Gasteiger partial charge in [0.25, 0.3) is 0 Å². The summed E-state index contributed by atoms with van der Waals surface area (Å²) in [6.07, 6.45) is 3.06. The van der Waals surface area contributed by atoms with Gasteiger partial charge in [0.15, 0.2) is 0 Å². The molecule has 0 aliphatic carbocycles. The number of aromatic amines is 1. The quantitative estimate of drug-likeness (QED) is 0.712. The Labute approximate surface area is 133 Å². The number of hydrogen-bond acceptors (Lipinski definition) is 2. The molecule has 0 aliphatic heterocycles. The van der Waals surface area contributed by atoms with Gasteiger partial charge in [-0.2, -0.15) is 0 Å². The molecule has 0 bridgehead atoms. The Morgan fingerprint density at radius 1 is 1.10 bits per heavy atom. The number of fused-ring (bicyclic) bond motifs is 1. The van der Waals surface area contributed by atoms with Gasteiger partial charge in [0.1, 0.15) is 0 Å². The fraction of sp³-hybridized carbons (Fsp3) is 0.176. The van der Waals surface area contributed by atoms with Gasteiger partial charge in [-0.25, -0.2) is 0 Å². The third kappa shape index (κ3) is 3.10. The zero-order valence-corrected chi connectivity index (χ0v) is 13.4. The maximum absolute atomic E-state index is 6.35. The summed E-state index contributed by atoms with van der Waals surface area (Å²) in [5.74, 6) is 0. The molecule has 0 unspecified atom stereocenters. The molecule has 0 saturated heterocycles. The van der Waals surface area contributed by atoms with Crippen molar-refractivity contribution in [3.63, 3.8) is 0 Å². The van der Waals surface area contributed by atoms with E-state index in [1.165, 1.54) is 15.4 Å². The van der Waals surface area contributed by atoms with E-state index in [2.05, 4.69) is 40.6 Å². The van der Waals surface area contributed by atoms with E-state index >= 15 is 0 Å². The first kappa shape index (κ1) is 14.5. The van der Waals surface area contributed by atoms with Crippen molar-refractivity contribution in [2.45, 2.75) is 16.2 Å². The molecular formula is C17H17ClN2S. The predicted molar refractivity (Wildman–Crippen MR) is 91.5 cm³/mol. The van der Waals surface area contributed by atoms with Gasteiger partial charge in [-0.1, -0.05) is 47.6 Å². The fourth-order valence-electron chi connectivity index (χ4n) is 2.38. The van der Waals surface area contributed by atoms with E-state index in [1.54, 1.807) is 11.8 Å². The summed E-state index contributed by atoms with van der Waals surface area (Å²) < 4.78 is 0. The van der Waals surface area contributed by atoms with E-state index in [1.807, 2.05) is 25.4 Å². The standard InChI is InChI=1S/C17H17ClN2S/c1-19-10-9-12-5-2-3-8-15(12)21-16-11-20-14-7-4-6-13(18)17(14)16/h2-8,11,19-20H,9-10H2,1H3. The highest BCUT2D eigenvalue weighted by Gasteiger charge is 2.10. The lowest BCUT2D eigenvalue weighted by molar-refractivity contribution is 0.783. The van der Waals surface area contributed by atoms with E-state index in [0.29, 0.717) is 0 Å². The van der Waals surface area contributed by atoms with Crippen molar-refractivity contribution in [3.05, 3.63) is 59.2 Å². The highest BCUT2D eigenvalue weighted by atomic mass is 35.5. The fourth-order valence-corrected chi connectivity index (χ4v) is 3.84. The van der Waals surface area contributed by atoms with Gasteiger partial charge in [0.05, 0.1) is 5.02 Å². The van der Waals surface area contributed by atoms with Crippen molar-refractivity contribution >= 4 is 34.3 Å². The molecule has 21 heavy (non-hydrogen) atoms. The van der Waals surface area contributed by atoms with E-state index in [0.717, 1.165) is 28.9 Å². The zero-order chi connectivity index (χ0) is 14.7. The van der Waals surface area contributed by atoms with Crippen LogP contribution in [0.3, 0.4) is 0 Å². The molecule has 0 spiro atoms. The van der Waals surface area contributed by atoms with E-state index < -0.39 is 0 Å².